The van der Waals surface area contributed by atoms with Gasteiger partial charge in [0, 0.05) is 38.9 Å². The molecular weight excluding hydrogens is 206 g/mol. The van der Waals surface area contributed by atoms with Gasteiger partial charge >= 0.3 is 0 Å². The van der Waals surface area contributed by atoms with Crippen LogP contribution in [0.4, 0.5) is 11.8 Å². The third kappa shape index (κ3) is 2.59. The molecule has 3 N–H and O–H groups in total. The first kappa shape index (κ1) is 11.1. The lowest BCUT2D eigenvalue weighted by atomic mass is 10.3. The number of β-amino-alcohol motifs (C(OH)–C–C–N with tert-alkyl or cyclic N) is 1. The molecule has 0 aliphatic carbocycles. The minimum absolute atomic E-state index is 0.217. The van der Waals surface area contributed by atoms with E-state index in [1.54, 1.807) is 12.3 Å². The molecule has 0 unspecified atom stereocenters. The van der Waals surface area contributed by atoms with E-state index in [2.05, 4.69) is 19.8 Å². The van der Waals surface area contributed by atoms with Crippen molar-refractivity contribution in [2.45, 2.75) is 0 Å². The number of aliphatic hydroxyl groups excluding tert-OH is 1. The van der Waals surface area contributed by atoms with Crippen LogP contribution in [0, 0.1) is 0 Å². The van der Waals surface area contributed by atoms with Gasteiger partial charge < -0.3 is 15.7 Å². The highest BCUT2D eigenvalue weighted by Crippen LogP contribution is 2.11. The van der Waals surface area contributed by atoms with Crippen LogP contribution in [0.3, 0.4) is 0 Å². The molecule has 0 amide bonds. The van der Waals surface area contributed by atoms with Gasteiger partial charge in [-0.25, -0.2) is 4.98 Å². The molecule has 0 spiro atoms. The number of nitrogens with zero attached hydrogens (tertiary/aromatic N) is 4. The summed E-state index contributed by atoms with van der Waals surface area (Å²) in [6.45, 7) is 4.57. The van der Waals surface area contributed by atoms with Crippen molar-refractivity contribution in [2.75, 3.05) is 50.0 Å². The highest BCUT2D eigenvalue weighted by atomic mass is 16.3. The van der Waals surface area contributed by atoms with Crippen LogP contribution in [0.2, 0.25) is 0 Å². The molecule has 6 heteroatoms. The molecule has 0 bridgehead atoms. The smallest absolute Gasteiger partial charge is 0.227 e. The van der Waals surface area contributed by atoms with Gasteiger partial charge in [0.1, 0.15) is 5.82 Å². The Bertz CT molecular complexity index is 338. The number of nitrogens with two attached hydrogens (primary N) is 1. The number of aromatic nitrogens is 2. The summed E-state index contributed by atoms with van der Waals surface area (Å²) < 4.78 is 0. The van der Waals surface area contributed by atoms with E-state index in [0.717, 1.165) is 32.7 Å². The van der Waals surface area contributed by atoms with E-state index < -0.39 is 0 Å². The highest BCUT2D eigenvalue weighted by Gasteiger charge is 2.18. The Labute approximate surface area is 94.7 Å². The predicted octanol–water partition coefficient (Wildman–Crippen LogP) is -0.827. The van der Waals surface area contributed by atoms with Crippen LogP contribution in [-0.4, -0.2) is 59.3 Å². The maximum absolute atomic E-state index is 8.84. The van der Waals surface area contributed by atoms with Crippen molar-refractivity contribution in [3.63, 3.8) is 0 Å². The Morgan fingerprint density at radius 1 is 1.31 bits per heavy atom. The van der Waals surface area contributed by atoms with Crippen molar-refractivity contribution >= 4 is 11.8 Å². The predicted molar refractivity (Wildman–Crippen MR) is 62.2 cm³/mol. The number of nitrogen functional groups attached to an aromatic ring is 1. The molecule has 1 aromatic heterocycles. The summed E-state index contributed by atoms with van der Waals surface area (Å²) in [5.41, 5.74) is 5.62. The molecule has 0 saturated carbocycles. The van der Waals surface area contributed by atoms with Gasteiger partial charge in [-0.15, -0.1) is 0 Å². The third-order valence-corrected chi connectivity index (χ3v) is 2.74. The molecule has 1 saturated heterocycles. The van der Waals surface area contributed by atoms with Crippen molar-refractivity contribution in [1.29, 1.82) is 0 Å². The zero-order chi connectivity index (χ0) is 11.4. The maximum atomic E-state index is 8.84. The van der Waals surface area contributed by atoms with Crippen LogP contribution in [0.1, 0.15) is 0 Å². The lowest BCUT2D eigenvalue weighted by Gasteiger charge is -2.34. The standard InChI is InChI=1S/C10H17N5O/c11-9-1-2-12-10(13-9)15-5-3-14(4-6-15)7-8-16/h1-2,16H,3-8H2,(H2,11,12,13). The van der Waals surface area contributed by atoms with Gasteiger partial charge in [-0.1, -0.05) is 0 Å². The second-order valence-corrected chi connectivity index (χ2v) is 3.83. The molecule has 16 heavy (non-hydrogen) atoms. The normalized spacial score (nSPS) is 17.7. The molecule has 1 aromatic rings. The molecule has 1 fully saturated rings. The Kier molecular flexibility index (Phi) is 3.53. The first-order valence-corrected chi connectivity index (χ1v) is 5.46. The summed E-state index contributed by atoms with van der Waals surface area (Å²) in [5.74, 6) is 1.20. The molecule has 88 valence electrons. The number of aliphatic hydroxyl groups is 1. The summed E-state index contributed by atoms with van der Waals surface area (Å²) in [6.07, 6.45) is 1.68. The van der Waals surface area contributed by atoms with Gasteiger partial charge in [0.2, 0.25) is 5.95 Å². The zero-order valence-corrected chi connectivity index (χ0v) is 9.21. The van der Waals surface area contributed by atoms with Gasteiger partial charge in [0.05, 0.1) is 6.61 Å². The van der Waals surface area contributed by atoms with Gasteiger partial charge in [-0.05, 0) is 6.07 Å². The van der Waals surface area contributed by atoms with E-state index in [-0.39, 0.29) is 6.61 Å². The van der Waals surface area contributed by atoms with Crippen LogP contribution in [0.25, 0.3) is 0 Å². The van der Waals surface area contributed by atoms with Crippen LogP contribution < -0.4 is 10.6 Å². The molecule has 2 heterocycles. The SMILES string of the molecule is Nc1ccnc(N2CCN(CCO)CC2)n1. The van der Waals surface area contributed by atoms with Gasteiger partial charge in [-0.2, -0.15) is 4.98 Å². The molecule has 1 aliphatic heterocycles. The largest absolute Gasteiger partial charge is 0.395 e. The van der Waals surface area contributed by atoms with Crippen LogP contribution in [0.5, 0.6) is 0 Å². The topological polar surface area (TPSA) is 78.5 Å². The third-order valence-electron chi connectivity index (χ3n) is 2.74. The van der Waals surface area contributed by atoms with Gasteiger partial charge in [0.15, 0.2) is 0 Å². The van der Waals surface area contributed by atoms with Crippen molar-refractivity contribution in [3.8, 4) is 0 Å². The minimum atomic E-state index is 0.217. The second kappa shape index (κ2) is 5.09. The van der Waals surface area contributed by atoms with Crippen LogP contribution in [-0.2, 0) is 0 Å². The quantitative estimate of drug-likeness (QED) is 0.696. The lowest BCUT2D eigenvalue weighted by molar-refractivity contribution is 0.188. The molecule has 2 rings (SSSR count). The van der Waals surface area contributed by atoms with Gasteiger partial charge in [0.25, 0.3) is 0 Å². The van der Waals surface area contributed by atoms with E-state index in [4.69, 9.17) is 10.8 Å². The fourth-order valence-electron chi connectivity index (χ4n) is 1.83. The fraction of sp³-hybridized carbons (Fsp3) is 0.600. The first-order valence-electron chi connectivity index (χ1n) is 5.46. The number of hydrogen-bond donors (Lipinski definition) is 2. The first-order chi connectivity index (χ1) is 7.79. The van der Waals surface area contributed by atoms with E-state index in [1.165, 1.54) is 0 Å². The van der Waals surface area contributed by atoms with Crippen molar-refractivity contribution < 1.29 is 5.11 Å². The fourth-order valence-corrected chi connectivity index (χ4v) is 1.83. The number of hydrogen-bond acceptors (Lipinski definition) is 6. The van der Waals surface area contributed by atoms with E-state index >= 15 is 0 Å². The minimum Gasteiger partial charge on any atom is -0.395 e. The van der Waals surface area contributed by atoms with Crippen molar-refractivity contribution in [1.82, 2.24) is 14.9 Å². The summed E-state index contributed by atoms with van der Waals surface area (Å²) in [5, 5.41) is 8.84. The highest BCUT2D eigenvalue weighted by molar-refractivity contribution is 5.38. The van der Waals surface area contributed by atoms with Crippen LogP contribution >= 0.6 is 0 Å². The maximum Gasteiger partial charge on any atom is 0.227 e. The Morgan fingerprint density at radius 3 is 2.69 bits per heavy atom. The summed E-state index contributed by atoms with van der Waals surface area (Å²) in [7, 11) is 0. The van der Waals surface area contributed by atoms with Gasteiger partial charge in [-0.3, -0.25) is 4.90 Å². The average molecular weight is 223 g/mol. The molecule has 0 radical (unpaired) electrons. The monoisotopic (exact) mass is 223 g/mol. The van der Waals surface area contributed by atoms with E-state index in [0.29, 0.717) is 11.8 Å². The summed E-state index contributed by atoms with van der Waals surface area (Å²) in [4.78, 5) is 12.7. The molecule has 1 aliphatic rings. The number of piperazine rings is 1. The summed E-state index contributed by atoms with van der Waals surface area (Å²) in [6, 6.07) is 1.69. The van der Waals surface area contributed by atoms with Crippen LogP contribution in [0.15, 0.2) is 12.3 Å². The van der Waals surface area contributed by atoms with Crippen molar-refractivity contribution in [2.24, 2.45) is 0 Å². The average Bonchev–Trinajstić information content (AvgIpc) is 2.30. The molecule has 6 nitrogen and oxygen atoms in total. The summed E-state index contributed by atoms with van der Waals surface area (Å²) >= 11 is 0. The van der Waals surface area contributed by atoms with Crippen molar-refractivity contribution in [3.05, 3.63) is 12.3 Å². The lowest BCUT2D eigenvalue weighted by Crippen LogP contribution is -2.47. The Hall–Kier alpha value is -1.40. The molecule has 0 atom stereocenters. The van der Waals surface area contributed by atoms with E-state index in [9.17, 15) is 0 Å². The second-order valence-electron chi connectivity index (χ2n) is 3.83. The Balaban J connectivity index is 1.94. The zero-order valence-electron chi connectivity index (χ0n) is 9.21. The molecular formula is C10H17N5O. The molecule has 0 aromatic carbocycles. The Morgan fingerprint density at radius 2 is 2.06 bits per heavy atom. The van der Waals surface area contributed by atoms with E-state index in [1.807, 2.05) is 0 Å². The number of rotatable bonds is 3. The number of anilines is 2.